The van der Waals surface area contributed by atoms with Crippen molar-refractivity contribution in [3.63, 3.8) is 0 Å². The topological polar surface area (TPSA) is 151 Å². The summed E-state index contributed by atoms with van der Waals surface area (Å²) in [7, 11) is 0. The number of anilines is 1. The molecule has 188 valence electrons. The van der Waals surface area contributed by atoms with Crippen molar-refractivity contribution in [2.24, 2.45) is 0 Å². The molecular formula is C23H27N3O9. The Morgan fingerprint density at radius 1 is 1.11 bits per heavy atom. The molecule has 0 saturated carbocycles. The number of hydrogen-bond acceptors (Lipinski definition) is 11. The van der Waals surface area contributed by atoms with Gasteiger partial charge in [-0.2, -0.15) is 5.06 Å². The van der Waals surface area contributed by atoms with Crippen LogP contribution in [0.15, 0.2) is 16.9 Å². The maximum absolute atomic E-state index is 13.1. The van der Waals surface area contributed by atoms with Crippen molar-refractivity contribution in [3.05, 3.63) is 33.6 Å². The van der Waals surface area contributed by atoms with Crippen molar-refractivity contribution in [2.45, 2.75) is 44.7 Å². The summed E-state index contributed by atoms with van der Waals surface area (Å²) in [6, 6.07) is 3.72. The van der Waals surface area contributed by atoms with Crippen LogP contribution in [-0.2, 0) is 36.9 Å². The third kappa shape index (κ3) is 4.33. The van der Waals surface area contributed by atoms with E-state index in [0.29, 0.717) is 48.6 Å². The summed E-state index contributed by atoms with van der Waals surface area (Å²) in [5, 5.41) is 21.4. The molecule has 0 aliphatic carbocycles. The molecule has 3 aliphatic heterocycles. The number of aliphatic hydroxyl groups is 2. The van der Waals surface area contributed by atoms with Crippen LogP contribution in [-0.4, -0.2) is 83.4 Å². The molecule has 1 aromatic carbocycles. The van der Waals surface area contributed by atoms with E-state index < -0.39 is 30.4 Å². The smallest absolute Gasteiger partial charge is 0.364 e. The summed E-state index contributed by atoms with van der Waals surface area (Å²) in [5.41, 5.74) is 1.57. The fourth-order valence-corrected chi connectivity index (χ4v) is 4.68. The average molecular weight is 489 g/mol. The molecule has 3 unspecified atom stereocenters. The van der Waals surface area contributed by atoms with Crippen LogP contribution >= 0.6 is 0 Å². The molecule has 3 atom stereocenters. The van der Waals surface area contributed by atoms with Gasteiger partial charge in [-0.1, -0.05) is 0 Å². The number of nitrogens with one attached hydrogen (secondary N) is 1. The molecule has 4 heterocycles. The first kappa shape index (κ1) is 23.5. The third-order valence-corrected chi connectivity index (χ3v) is 6.36. The van der Waals surface area contributed by atoms with E-state index in [4.69, 9.17) is 19.0 Å². The number of benzene rings is 1. The number of nitrogens with zero attached hydrogens (tertiary/aromatic N) is 2. The molecule has 3 N–H and O–H groups in total. The molecule has 0 amide bonds. The molecule has 12 heteroatoms. The SMILES string of the molecule is CCOc1cc(CN2CCOCC2)cc2[nH]c(=O)c3c(c12)N1OC(=O)C(O)C(O)C(=O)OC1CC3. The van der Waals surface area contributed by atoms with Gasteiger partial charge in [0.2, 0.25) is 6.23 Å². The largest absolute Gasteiger partial charge is 0.493 e. The molecule has 2 fully saturated rings. The molecule has 35 heavy (non-hydrogen) atoms. The Bertz CT molecular complexity index is 1210. The zero-order valence-corrected chi connectivity index (χ0v) is 19.2. The van der Waals surface area contributed by atoms with Crippen LogP contribution in [0.1, 0.15) is 24.5 Å². The Hall–Kier alpha value is -3.19. The molecule has 2 aromatic rings. The average Bonchev–Trinajstić information content (AvgIpc) is 2.84. The van der Waals surface area contributed by atoms with E-state index in [1.54, 1.807) is 0 Å². The number of pyridine rings is 1. The molecule has 1 aromatic heterocycles. The van der Waals surface area contributed by atoms with Crippen LogP contribution in [0.2, 0.25) is 0 Å². The summed E-state index contributed by atoms with van der Waals surface area (Å²) in [6.45, 7) is 5.67. The molecule has 0 spiro atoms. The van der Waals surface area contributed by atoms with Gasteiger partial charge < -0.3 is 34.2 Å². The lowest BCUT2D eigenvalue weighted by Crippen LogP contribution is -2.54. The Morgan fingerprint density at radius 2 is 1.86 bits per heavy atom. The molecule has 3 aliphatic rings. The second-order valence-corrected chi connectivity index (χ2v) is 8.68. The van der Waals surface area contributed by atoms with E-state index in [1.165, 1.54) is 0 Å². The highest BCUT2D eigenvalue weighted by Crippen LogP contribution is 2.41. The normalized spacial score (nSPS) is 25.2. The number of fused-ring (bicyclic) bond motifs is 5. The first-order valence-electron chi connectivity index (χ1n) is 11.6. The van der Waals surface area contributed by atoms with Crippen LogP contribution in [0.25, 0.3) is 10.9 Å². The predicted octanol–water partition coefficient (Wildman–Crippen LogP) is -0.425. The number of aromatic amines is 1. The second-order valence-electron chi connectivity index (χ2n) is 8.68. The summed E-state index contributed by atoms with van der Waals surface area (Å²) >= 11 is 0. The molecule has 12 nitrogen and oxygen atoms in total. The zero-order valence-electron chi connectivity index (χ0n) is 19.2. The molecule has 5 rings (SSSR count). The van der Waals surface area contributed by atoms with Crippen LogP contribution in [0.3, 0.4) is 0 Å². The van der Waals surface area contributed by atoms with Gasteiger partial charge in [-0.05, 0) is 31.0 Å². The third-order valence-electron chi connectivity index (χ3n) is 6.36. The van der Waals surface area contributed by atoms with Gasteiger partial charge in [0.05, 0.1) is 30.7 Å². The van der Waals surface area contributed by atoms with Crippen LogP contribution in [0, 0.1) is 0 Å². The highest BCUT2D eigenvalue weighted by molar-refractivity contribution is 5.99. The van der Waals surface area contributed by atoms with Gasteiger partial charge in [0.15, 0.2) is 12.2 Å². The number of hydrogen-bond donors (Lipinski definition) is 3. The van der Waals surface area contributed by atoms with Gasteiger partial charge in [-0.3, -0.25) is 9.69 Å². The molecule has 2 saturated heterocycles. The van der Waals surface area contributed by atoms with E-state index in [0.717, 1.165) is 23.7 Å². The lowest BCUT2D eigenvalue weighted by atomic mass is 9.98. The van der Waals surface area contributed by atoms with E-state index in [-0.39, 0.29) is 24.1 Å². The van der Waals surface area contributed by atoms with E-state index in [2.05, 4.69) is 9.88 Å². The Morgan fingerprint density at radius 3 is 2.60 bits per heavy atom. The summed E-state index contributed by atoms with van der Waals surface area (Å²) in [5.74, 6) is -1.92. The van der Waals surface area contributed by atoms with Crippen molar-refractivity contribution in [1.29, 1.82) is 0 Å². The number of aliphatic hydroxyl groups excluding tert-OH is 2. The van der Waals surface area contributed by atoms with Crippen molar-refractivity contribution >= 4 is 28.5 Å². The van der Waals surface area contributed by atoms with Gasteiger partial charge in [0, 0.05) is 31.6 Å². The van der Waals surface area contributed by atoms with E-state index in [1.807, 2.05) is 19.1 Å². The first-order chi connectivity index (χ1) is 16.9. The lowest BCUT2D eigenvalue weighted by Gasteiger charge is -2.38. The lowest BCUT2D eigenvalue weighted by molar-refractivity contribution is -0.192. The fraction of sp³-hybridized carbons (Fsp3) is 0.522. The predicted molar refractivity (Wildman–Crippen MR) is 121 cm³/mol. The number of carbonyl (C=O) groups is 2. The van der Waals surface area contributed by atoms with Crippen LogP contribution in [0.5, 0.6) is 5.75 Å². The van der Waals surface area contributed by atoms with E-state index in [9.17, 15) is 24.6 Å². The Labute approximate surface area is 199 Å². The van der Waals surface area contributed by atoms with Gasteiger partial charge in [-0.15, -0.1) is 0 Å². The fourth-order valence-electron chi connectivity index (χ4n) is 4.68. The van der Waals surface area contributed by atoms with Crippen molar-refractivity contribution in [3.8, 4) is 5.75 Å². The van der Waals surface area contributed by atoms with Gasteiger partial charge in [0.25, 0.3) is 5.56 Å². The van der Waals surface area contributed by atoms with Crippen molar-refractivity contribution in [2.75, 3.05) is 38.0 Å². The number of aromatic nitrogens is 1. The number of morpholine rings is 1. The number of ether oxygens (including phenoxy) is 3. The summed E-state index contributed by atoms with van der Waals surface area (Å²) in [6.07, 6.45) is -4.92. The maximum Gasteiger partial charge on any atom is 0.364 e. The van der Waals surface area contributed by atoms with Gasteiger partial charge in [-0.25, -0.2) is 9.59 Å². The highest BCUT2D eigenvalue weighted by Gasteiger charge is 2.44. The molecular weight excluding hydrogens is 462 g/mol. The highest BCUT2D eigenvalue weighted by atomic mass is 16.8. The number of rotatable bonds is 4. The maximum atomic E-state index is 13.1. The zero-order chi connectivity index (χ0) is 24.7. The monoisotopic (exact) mass is 489 g/mol. The number of carbonyl (C=O) groups excluding carboxylic acids is 2. The number of esters is 1. The van der Waals surface area contributed by atoms with Gasteiger partial charge in [0.1, 0.15) is 11.4 Å². The van der Waals surface area contributed by atoms with Crippen molar-refractivity contribution < 1.29 is 38.9 Å². The second kappa shape index (κ2) is 9.46. The standard InChI is InChI=1S/C23H27N3O9/c1-2-33-15-10-12(11-25-5-7-32-8-6-25)9-14-17(15)18-13(21(29)24-14)3-4-16-26(18)35-23(31)20(28)19(27)22(30)34-16/h9-10,16,19-20,27-28H,2-8,11H2,1H3,(H,24,29). The summed E-state index contributed by atoms with van der Waals surface area (Å²) < 4.78 is 16.7. The summed E-state index contributed by atoms with van der Waals surface area (Å²) in [4.78, 5) is 48.3. The minimum absolute atomic E-state index is 0.141. The minimum atomic E-state index is -2.13. The molecule has 0 bridgehead atoms. The Balaban J connectivity index is 1.64. The van der Waals surface area contributed by atoms with E-state index >= 15 is 0 Å². The van der Waals surface area contributed by atoms with Crippen molar-refractivity contribution in [1.82, 2.24) is 9.88 Å². The first-order valence-corrected chi connectivity index (χ1v) is 11.6. The Kier molecular flexibility index (Phi) is 6.36. The minimum Gasteiger partial charge on any atom is -0.493 e. The number of hydroxylamine groups is 1. The van der Waals surface area contributed by atoms with Crippen LogP contribution < -0.4 is 15.4 Å². The number of H-pyrrole nitrogens is 1. The van der Waals surface area contributed by atoms with Gasteiger partial charge >= 0.3 is 11.9 Å². The van der Waals surface area contributed by atoms with Crippen LogP contribution in [0.4, 0.5) is 5.69 Å². The molecule has 0 radical (unpaired) electrons. The quantitative estimate of drug-likeness (QED) is 0.480.